The quantitative estimate of drug-likeness (QED) is 0.0496. The van der Waals surface area contributed by atoms with Crippen LogP contribution < -0.4 is 9.47 Å². The van der Waals surface area contributed by atoms with Crippen molar-refractivity contribution < 1.29 is 51.4 Å². The van der Waals surface area contributed by atoms with E-state index in [0.29, 0.717) is 17.1 Å². The van der Waals surface area contributed by atoms with E-state index in [1.165, 1.54) is 7.05 Å². The van der Waals surface area contributed by atoms with E-state index in [4.69, 9.17) is 37.3 Å². The number of carbonyl (C=O) groups is 2. The van der Waals surface area contributed by atoms with Crippen molar-refractivity contribution in [1.29, 1.82) is 0 Å². The van der Waals surface area contributed by atoms with Crippen LogP contribution in [0.2, 0.25) is 0 Å². The maximum Gasteiger partial charge on any atom is 0.475 e. The van der Waals surface area contributed by atoms with Crippen molar-refractivity contribution in [3.05, 3.63) is 168 Å². The zero-order chi connectivity index (χ0) is 39.4. The Morgan fingerprint density at radius 3 is 1.55 bits per heavy atom. The SMILES string of the molecule is COc1ccc(OC[C@H](COP(=O)(OCc2ccccc2)OC[C@@H](C(=O)OCc2ccccc2)N(C)C(=O)OCc2ccccc2)OCc2ccccc2)cc1. The van der Waals surface area contributed by atoms with Gasteiger partial charge in [0.2, 0.25) is 0 Å². The summed E-state index contributed by atoms with van der Waals surface area (Å²) in [6.07, 6.45) is -1.58. The minimum absolute atomic E-state index is 0.0161. The molecule has 0 aliphatic carbocycles. The summed E-state index contributed by atoms with van der Waals surface area (Å²) in [5.74, 6) is 0.404. The Morgan fingerprint density at radius 2 is 1.02 bits per heavy atom. The van der Waals surface area contributed by atoms with Crippen LogP contribution in [0.4, 0.5) is 4.79 Å². The third-order valence-electron chi connectivity index (χ3n) is 8.32. The van der Waals surface area contributed by atoms with E-state index < -0.39 is 38.6 Å². The lowest BCUT2D eigenvalue weighted by Crippen LogP contribution is -2.46. The second-order valence-electron chi connectivity index (χ2n) is 12.5. The van der Waals surface area contributed by atoms with Crippen LogP contribution in [0, 0.1) is 0 Å². The highest BCUT2D eigenvalue weighted by atomic mass is 31.2. The van der Waals surface area contributed by atoms with Gasteiger partial charge in [-0.2, -0.15) is 0 Å². The van der Waals surface area contributed by atoms with E-state index in [0.717, 1.165) is 21.6 Å². The van der Waals surface area contributed by atoms with Gasteiger partial charge in [0.1, 0.15) is 37.4 Å². The number of methoxy groups -OCH3 is 1. The first-order valence-corrected chi connectivity index (χ1v) is 19.4. The molecule has 13 heteroatoms. The van der Waals surface area contributed by atoms with Gasteiger partial charge in [0.15, 0.2) is 6.04 Å². The Hall–Kier alpha value is -5.49. The molecule has 0 heterocycles. The van der Waals surface area contributed by atoms with Crippen LogP contribution in [0.3, 0.4) is 0 Å². The molecule has 5 rings (SSSR count). The second kappa shape index (κ2) is 22.2. The second-order valence-corrected chi connectivity index (χ2v) is 14.1. The average molecular weight is 784 g/mol. The van der Waals surface area contributed by atoms with Crippen LogP contribution >= 0.6 is 7.82 Å². The van der Waals surface area contributed by atoms with Crippen molar-refractivity contribution in [2.45, 2.75) is 38.6 Å². The molecule has 0 saturated carbocycles. The molecule has 5 aromatic rings. The third-order valence-corrected chi connectivity index (χ3v) is 9.70. The van der Waals surface area contributed by atoms with Crippen LogP contribution in [0.25, 0.3) is 0 Å². The van der Waals surface area contributed by atoms with Gasteiger partial charge in [0.25, 0.3) is 0 Å². The van der Waals surface area contributed by atoms with Gasteiger partial charge in [-0.25, -0.2) is 14.2 Å². The summed E-state index contributed by atoms with van der Waals surface area (Å²) < 4.78 is 60.6. The number of phosphoric acid groups is 1. The molecule has 0 fully saturated rings. The molecule has 3 atom stereocenters. The van der Waals surface area contributed by atoms with E-state index in [1.807, 2.05) is 84.9 Å². The number of amides is 1. The molecule has 0 N–H and O–H groups in total. The first-order chi connectivity index (χ1) is 27.3. The number of hydrogen-bond donors (Lipinski definition) is 0. The van der Waals surface area contributed by atoms with Gasteiger partial charge in [-0.1, -0.05) is 121 Å². The van der Waals surface area contributed by atoms with Gasteiger partial charge >= 0.3 is 19.9 Å². The lowest BCUT2D eigenvalue weighted by molar-refractivity contribution is -0.151. The van der Waals surface area contributed by atoms with E-state index in [9.17, 15) is 14.2 Å². The molecule has 12 nitrogen and oxygen atoms in total. The molecule has 0 aromatic heterocycles. The molecule has 1 amide bonds. The number of likely N-dealkylation sites (N-methyl/N-ethyl adjacent to an activating group) is 1. The summed E-state index contributed by atoms with van der Waals surface area (Å²) in [6.45, 7) is -0.933. The highest BCUT2D eigenvalue weighted by molar-refractivity contribution is 7.48. The number of nitrogens with zero attached hydrogens (tertiary/aromatic N) is 1. The number of carbonyl (C=O) groups excluding carboxylic acids is 2. The molecule has 5 aromatic carbocycles. The Bertz CT molecular complexity index is 1940. The molecule has 0 spiro atoms. The first kappa shape index (κ1) is 41.7. The predicted molar refractivity (Wildman–Crippen MR) is 209 cm³/mol. The highest BCUT2D eigenvalue weighted by Crippen LogP contribution is 2.50. The molecule has 0 saturated heterocycles. The van der Waals surface area contributed by atoms with Gasteiger partial charge in [-0.05, 0) is 46.5 Å². The predicted octanol–water partition coefficient (Wildman–Crippen LogP) is 8.40. The molecular weight excluding hydrogens is 737 g/mol. The summed E-state index contributed by atoms with van der Waals surface area (Å²) in [5.41, 5.74) is 3.08. The Morgan fingerprint density at radius 1 is 0.554 bits per heavy atom. The molecule has 0 radical (unpaired) electrons. The number of ether oxygens (including phenoxy) is 5. The maximum absolute atomic E-state index is 14.5. The van der Waals surface area contributed by atoms with Crippen LogP contribution in [0.15, 0.2) is 146 Å². The fourth-order valence-electron chi connectivity index (χ4n) is 5.08. The van der Waals surface area contributed by atoms with Crippen LogP contribution in [-0.2, 0) is 63.6 Å². The molecule has 1 unspecified atom stereocenters. The number of benzene rings is 5. The lowest BCUT2D eigenvalue weighted by atomic mass is 10.2. The van der Waals surface area contributed by atoms with E-state index in [1.54, 1.807) is 67.8 Å². The standard InChI is InChI=1S/C43H46NO11P/c1-44(43(46)52-29-36-19-11-5-12-20-36)41(42(45)51-28-35-17-9-4-10-18-35)33-55-56(47,53-30-37-21-13-6-14-22-37)54-32-40(49-27-34-15-7-3-8-16-34)31-50-39-25-23-38(48-2)24-26-39/h3-26,40-41H,27-33H2,1-2H3/t40-,41+,56?/m1/s1. The largest absolute Gasteiger partial charge is 0.497 e. The van der Waals surface area contributed by atoms with Crippen molar-refractivity contribution in [1.82, 2.24) is 4.90 Å². The molecule has 56 heavy (non-hydrogen) atoms. The van der Waals surface area contributed by atoms with Gasteiger partial charge in [0, 0.05) is 7.05 Å². The van der Waals surface area contributed by atoms with Gasteiger partial charge in [-0.15, -0.1) is 0 Å². The average Bonchev–Trinajstić information content (AvgIpc) is 3.25. The van der Waals surface area contributed by atoms with Crippen LogP contribution in [0.5, 0.6) is 11.5 Å². The Balaban J connectivity index is 1.32. The zero-order valence-corrected chi connectivity index (χ0v) is 32.2. The normalized spacial score (nSPS) is 13.1. The summed E-state index contributed by atoms with van der Waals surface area (Å²) >= 11 is 0. The minimum Gasteiger partial charge on any atom is -0.497 e. The summed E-state index contributed by atoms with van der Waals surface area (Å²) in [6, 6.07) is 42.4. The summed E-state index contributed by atoms with van der Waals surface area (Å²) in [5, 5.41) is 0. The zero-order valence-electron chi connectivity index (χ0n) is 31.3. The summed E-state index contributed by atoms with van der Waals surface area (Å²) in [4.78, 5) is 27.9. The third kappa shape index (κ3) is 14.0. The number of esters is 1. The minimum atomic E-state index is -4.48. The molecule has 0 aliphatic rings. The number of hydrogen-bond acceptors (Lipinski definition) is 11. The van der Waals surface area contributed by atoms with Crippen molar-refractivity contribution in [3.8, 4) is 11.5 Å². The van der Waals surface area contributed by atoms with E-state index >= 15 is 0 Å². The topological polar surface area (TPSA) is 128 Å². The Kier molecular flexibility index (Phi) is 16.5. The van der Waals surface area contributed by atoms with Crippen molar-refractivity contribution in [2.75, 3.05) is 34.0 Å². The van der Waals surface area contributed by atoms with Crippen LogP contribution in [0.1, 0.15) is 22.3 Å². The molecule has 0 bridgehead atoms. The lowest BCUT2D eigenvalue weighted by Gasteiger charge is -2.28. The fourth-order valence-corrected chi connectivity index (χ4v) is 6.28. The maximum atomic E-state index is 14.5. The van der Waals surface area contributed by atoms with Gasteiger partial charge < -0.3 is 23.7 Å². The highest BCUT2D eigenvalue weighted by Gasteiger charge is 2.36. The van der Waals surface area contributed by atoms with Crippen molar-refractivity contribution in [3.63, 3.8) is 0 Å². The molecule has 0 aliphatic heterocycles. The van der Waals surface area contributed by atoms with Gasteiger partial charge in [-0.3, -0.25) is 18.5 Å². The first-order valence-electron chi connectivity index (χ1n) is 17.9. The number of rotatable bonds is 22. The summed E-state index contributed by atoms with van der Waals surface area (Å²) in [7, 11) is -1.54. The van der Waals surface area contributed by atoms with Crippen LogP contribution in [-0.4, -0.2) is 63.1 Å². The molecule has 294 valence electrons. The van der Waals surface area contributed by atoms with Crippen molar-refractivity contribution >= 4 is 19.9 Å². The monoisotopic (exact) mass is 783 g/mol. The fraction of sp³-hybridized carbons (Fsp3) is 0.256. The van der Waals surface area contributed by atoms with Crippen molar-refractivity contribution in [2.24, 2.45) is 0 Å². The Labute approximate surface area is 327 Å². The van der Waals surface area contributed by atoms with E-state index in [-0.39, 0.29) is 39.6 Å². The van der Waals surface area contributed by atoms with E-state index in [2.05, 4.69) is 0 Å². The smallest absolute Gasteiger partial charge is 0.475 e. The number of phosphoric ester groups is 1. The van der Waals surface area contributed by atoms with Gasteiger partial charge in [0.05, 0.1) is 33.5 Å². The molecular formula is C43H46NO11P.